The summed E-state index contributed by atoms with van der Waals surface area (Å²) in [6, 6.07) is 11.1. The molecule has 3 aromatic rings. The van der Waals surface area contributed by atoms with Crippen molar-refractivity contribution in [2.75, 3.05) is 27.3 Å². The average molecular weight is 414 g/mol. The van der Waals surface area contributed by atoms with Crippen LogP contribution in [0.3, 0.4) is 0 Å². The van der Waals surface area contributed by atoms with Gasteiger partial charge in [-0.15, -0.1) is 0 Å². The van der Waals surface area contributed by atoms with Gasteiger partial charge in [0.2, 0.25) is 0 Å². The van der Waals surface area contributed by atoms with Crippen molar-refractivity contribution < 1.29 is 28.5 Å². The van der Waals surface area contributed by atoms with Gasteiger partial charge in [-0.05, 0) is 36.4 Å². The number of nitrogens with zero attached hydrogens (tertiary/aromatic N) is 1. The first-order valence-corrected chi connectivity index (χ1v) is 9.63. The maximum atomic E-state index is 13.4. The third kappa shape index (κ3) is 3.91. The highest BCUT2D eigenvalue weighted by atomic mass is 19.1. The Kier molecular flexibility index (Phi) is 5.50. The van der Waals surface area contributed by atoms with E-state index in [-0.39, 0.29) is 18.3 Å². The second-order valence-corrected chi connectivity index (χ2v) is 7.19. The van der Waals surface area contributed by atoms with Gasteiger partial charge in [0.15, 0.2) is 11.5 Å². The smallest absolute Gasteiger partial charge is 0.270 e. The summed E-state index contributed by atoms with van der Waals surface area (Å²) < 4.78 is 29.8. The molecule has 1 amide bonds. The summed E-state index contributed by atoms with van der Waals surface area (Å²) in [5.41, 5.74) is 1.05. The standard InChI is InChI=1S/C22H23FN2O5/c1-28-20-6-4-15(11-21(20)29-2)30-19-7-8-25(12-18(19)26)22(27)17-10-13-9-14(23)3-5-16(13)24-17/h3-6,9-11,18-19,24,26H,7-8,12H2,1-2H3/t18-,19-/m1/s1. The van der Waals surface area contributed by atoms with E-state index < -0.39 is 12.2 Å². The molecule has 7 nitrogen and oxygen atoms in total. The van der Waals surface area contributed by atoms with E-state index in [9.17, 15) is 14.3 Å². The molecule has 8 heteroatoms. The molecule has 0 bridgehead atoms. The Morgan fingerprint density at radius 3 is 2.67 bits per heavy atom. The lowest BCUT2D eigenvalue weighted by molar-refractivity contribution is -0.0201. The van der Waals surface area contributed by atoms with Gasteiger partial charge in [0, 0.05) is 29.9 Å². The molecule has 2 N–H and O–H groups in total. The number of carbonyl (C=O) groups is 1. The van der Waals surface area contributed by atoms with Gasteiger partial charge in [0.25, 0.3) is 5.91 Å². The van der Waals surface area contributed by atoms with E-state index in [4.69, 9.17) is 14.2 Å². The Morgan fingerprint density at radius 2 is 1.93 bits per heavy atom. The fraction of sp³-hybridized carbons (Fsp3) is 0.318. The van der Waals surface area contributed by atoms with Gasteiger partial charge in [-0.1, -0.05) is 0 Å². The molecule has 0 aliphatic carbocycles. The Bertz CT molecular complexity index is 1070. The summed E-state index contributed by atoms with van der Waals surface area (Å²) in [6.07, 6.45) is -0.836. The number of aliphatic hydroxyl groups excluding tert-OH is 1. The minimum atomic E-state index is -0.849. The number of fused-ring (bicyclic) bond motifs is 1. The number of aliphatic hydroxyl groups is 1. The van der Waals surface area contributed by atoms with E-state index in [0.717, 1.165) is 0 Å². The summed E-state index contributed by atoms with van der Waals surface area (Å²) in [5, 5.41) is 11.2. The number of rotatable bonds is 5. The third-order valence-corrected chi connectivity index (χ3v) is 5.26. The Labute approximate surface area is 173 Å². The number of halogens is 1. The van der Waals surface area contributed by atoms with Crippen molar-refractivity contribution in [2.45, 2.75) is 18.6 Å². The molecule has 2 aromatic carbocycles. The Morgan fingerprint density at radius 1 is 1.13 bits per heavy atom. The second-order valence-electron chi connectivity index (χ2n) is 7.19. The molecular formula is C22H23FN2O5. The highest BCUT2D eigenvalue weighted by molar-refractivity contribution is 5.98. The van der Waals surface area contributed by atoms with E-state index >= 15 is 0 Å². The number of H-pyrrole nitrogens is 1. The molecule has 1 aliphatic rings. The first-order valence-electron chi connectivity index (χ1n) is 9.63. The minimum absolute atomic E-state index is 0.139. The molecule has 4 rings (SSSR count). The maximum Gasteiger partial charge on any atom is 0.270 e. The van der Waals surface area contributed by atoms with Gasteiger partial charge >= 0.3 is 0 Å². The number of methoxy groups -OCH3 is 2. The number of amides is 1. The molecule has 0 unspecified atom stereocenters. The van der Waals surface area contributed by atoms with Crippen LogP contribution < -0.4 is 14.2 Å². The lowest BCUT2D eigenvalue weighted by Crippen LogP contribution is -2.51. The minimum Gasteiger partial charge on any atom is -0.493 e. The van der Waals surface area contributed by atoms with Gasteiger partial charge in [0.05, 0.1) is 20.8 Å². The SMILES string of the molecule is COc1ccc(O[C@@H]2CCN(C(=O)c3cc4cc(F)ccc4[nH]3)C[C@H]2O)cc1OC. The Balaban J connectivity index is 1.42. The van der Waals surface area contributed by atoms with Crippen LogP contribution in [0.1, 0.15) is 16.9 Å². The van der Waals surface area contributed by atoms with Gasteiger partial charge in [-0.2, -0.15) is 0 Å². The molecule has 158 valence electrons. The van der Waals surface area contributed by atoms with Crippen LogP contribution in [0, 0.1) is 5.82 Å². The molecule has 2 atom stereocenters. The van der Waals surface area contributed by atoms with Gasteiger partial charge in [-0.3, -0.25) is 4.79 Å². The Hall–Kier alpha value is -3.26. The third-order valence-electron chi connectivity index (χ3n) is 5.26. The van der Waals surface area contributed by atoms with Crippen molar-refractivity contribution in [1.82, 2.24) is 9.88 Å². The number of likely N-dealkylation sites (tertiary alicyclic amines) is 1. The van der Waals surface area contributed by atoms with Crippen LogP contribution >= 0.6 is 0 Å². The fourth-order valence-corrected chi connectivity index (χ4v) is 3.69. The quantitative estimate of drug-likeness (QED) is 0.671. The van der Waals surface area contributed by atoms with Crippen molar-refractivity contribution in [3.05, 3.63) is 54.0 Å². The number of hydrogen-bond acceptors (Lipinski definition) is 5. The van der Waals surface area contributed by atoms with Gasteiger partial charge < -0.3 is 29.2 Å². The molecule has 1 saturated heterocycles. The number of hydrogen-bond donors (Lipinski definition) is 2. The van der Waals surface area contributed by atoms with E-state index in [1.54, 1.807) is 49.5 Å². The van der Waals surface area contributed by atoms with Crippen LogP contribution in [-0.2, 0) is 0 Å². The van der Waals surface area contributed by atoms with E-state index in [2.05, 4.69) is 4.98 Å². The molecule has 0 spiro atoms. The van der Waals surface area contributed by atoms with Crippen molar-refractivity contribution in [2.24, 2.45) is 0 Å². The van der Waals surface area contributed by atoms with Crippen molar-refractivity contribution in [3.63, 3.8) is 0 Å². The molecule has 30 heavy (non-hydrogen) atoms. The van der Waals surface area contributed by atoms with Crippen molar-refractivity contribution in [1.29, 1.82) is 0 Å². The number of β-amino-alcohol motifs (C(OH)–C–C–N with tert-alkyl or cyclic N) is 1. The lowest BCUT2D eigenvalue weighted by Gasteiger charge is -2.35. The van der Waals surface area contributed by atoms with Crippen molar-refractivity contribution >= 4 is 16.8 Å². The van der Waals surface area contributed by atoms with Crippen molar-refractivity contribution in [3.8, 4) is 17.2 Å². The molecular weight excluding hydrogens is 391 g/mol. The normalized spacial score (nSPS) is 19.0. The predicted molar refractivity (Wildman–Crippen MR) is 109 cm³/mol. The fourth-order valence-electron chi connectivity index (χ4n) is 3.69. The van der Waals surface area contributed by atoms with Crippen LogP contribution in [-0.4, -0.2) is 60.4 Å². The zero-order chi connectivity index (χ0) is 21.3. The predicted octanol–water partition coefficient (Wildman–Crippen LogP) is 2.98. The number of ether oxygens (including phenoxy) is 3. The highest BCUT2D eigenvalue weighted by Gasteiger charge is 2.32. The van der Waals surface area contributed by atoms with Crippen LogP contribution in [0.25, 0.3) is 10.9 Å². The summed E-state index contributed by atoms with van der Waals surface area (Å²) in [7, 11) is 3.09. The lowest BCUT2D eigenvalue weighted by atomic mass is 10.0. The topological polar surface area (TPSA) is 84.0 Å². The average Bonchev–Trinajstić information content (AvgIpc) is 3.17. The van der Waals surface area contributed by atoms with Gasteiger partial charge in [-0.25, -0.2) is 4.39 Å². The first-order chi connectivity index (χ1) is 14.5. The highest BCUT2D eigenvalue weighted by Crippen LogP contribution is 2.32. The second kappa shape index (κ2) is 8.23. The van der Waals surface area contributed by atoms with Gasteiger partial charge in [0.1, 0.15) is 29.5 Å². The van der Waals surface area contributed by atoms with E-state index in [1.165, 1.54) is 12.1 Å². The molecule has 1 aromatic heterocycles. The van der Waals surface area contributed by atoms with Crippen LogP contribution in [0.2, 0.25) is 0 Å². The van der Waals surface area contributed by atoms with E-state index in [1.807, 2.05) is 0 Å². The number of carbonyl (C=O) groups excluding carboxylic acids is 1. The van der Waals surface area contributed by atoms with E-state index in [0.29, 0.717) is 46.8 Å². The zero-order valence-electron chi connectivity index (χ0n) is 16.7. The van der Waals surface area contributed by atoms with Crippen LogP contribution in [0.4, 0.5) is 4.39 Å². The number of aromatic nitrogens is 1. The molecule has 0 radical (unpaired) electrons. The number of piperidine rings is 1. The number of benzene rings is 2. The largest absolute Gasteiger partial charge is 0.493 e. The summed E-state index contributed by atoms with van der Waals surface area (Å²) in [6.45, 7) is 0.568. The molecule has 0 saturated carbocycles. The maximum absolute atomic E-state index is 13.4. The number of aromatic amines is 1. The molecule has 2 heterocycles. The number of nitrogens with one attached hydrogen (secondary N) is 1. The molecule has 1 fully saturated rings. The monoisotopic (exact) mass is 414 g/mol. The zero-order valence-corrected chi connectivity index (χ0v) is 16.7. The first kappa shape index (κ1) is 20.0. The molecule has 1 aliphatic heterocycles. The summed E-state index contributed by atoms with van der Waals surface area (Å²) >= 11 is 0. The van der Waals surface area contributed by atoms with Crippen LogP contribution in [0.5, 0.6) is 17.2 Å². The van der Waals surface area contributed by atoms with Crippen LogP contribution in [0.15, 0.2) is 42.5 Å². The summed E-state index contributed by atoms with van der Waals surface area (Å²) in [5.74, 6) is 1.07. The summed E-state index contributed by atoms with van der Waals surface area (Å²) in [4.78, 5) is 17.4.